The molecule has 2 unspecified atom stereocenters. The molecule has 0 bridgehead atoms. The quantitative estimate of drug-likeness (QED) is 0.365. The smallest absolute Gasteiger partial charge is 0.350 e. The molecule has 1 saturated heterocycles. The van der Waals surface area contributed by atoms with Gasteiger partial charge in [-0.15, -0.1) is 11.3 Å². The number of aliphatic imine (C=N–C) groups is 1. The van der Waals surface area contributed by atoms with E-state index in [2.05, 4.69) is 51.3 Å². The number of ether oxygens (including phenoxy) is 1. The SMILES string of the molecule is CCOC(=O)c1sc(C(C)NC(=NC)NCC(C(C)C)N2CCN(C)CC2)nc1C. The number of guanidine groups is 1. The maximum atomic E-state index is 12.1. The van der Waals surface area contributed by atoms with Crippen LogP contribution in [0.15, 0.2) is 4.99 Å². The van der Waals surface area contributed by atoms with Crippen LogP contribution in [0.4, 0.5) is 0 Å². The Hall–Kier alpha value is -1.71. The Morgan fingerprint density at radius 2 is 1.93 bits per heavy atom. The van der Waals surface area contributed by atoms with Crippen molar-refractivity contribution in [2.75, 3.05) is 53.4 Å². The molecule has 0 saturated carbocycles. The molecule has 2 atom stereocenters. The minimum atomic E-state index is -0.305. The molecule has 1 fully saturated rings. The molecule has 1 aromatic rings. The number of carbonyl (C=O) groups is 1. The second kappa shape index (κ2) is 11.6. The fourth-order valence-corrected chi connectivity index (χ4v) is 4.55. The van der Waals surface area contributed by atoms with Crippen molar-refractivity contribution in [2.24, 2.45) is 10.9 Å². The number of carbonyl (C=O) groups excluding carboxylic acids is 1. The third kappa shape index (κ3) is 6.65. The number of piperazine rings is 1. The number of hydrogen-bond acceptors (Lipinski definition) is 7. The minimum absolute atomic E-state index is 0.0655. The van der Waals surface area contributed by atoms with Gasteiger partial charge in [0.25, 0.3) is 0 Å². The Morgan fingerprint density at radius 3 is 2.50 bits per heavy atom. The molecule has 0 aromatic carbocycles. The van der Waals surface area contributed by atoms with Crippen molar-refractivity contribution >= 4 is 23.3 Å². The van der Waals surface area contributed by atoms with Crippen molar-refractivity contribution in [1.82, 2.24) is 25.4 Å². The van der Waals surface area contributed by atoms with E-state index in [1.54, 1.807) is 7.05 Å². The monoisotopic (exact) mass is 438 g/mol. The number of likely N-dealkylation sites (N-methyl/N-ethyl adjacent to an activating group) is 1. The van der Waals surface area contributed by atoms with Crippen LogP contribution in [-0.4, -0.2) is 86.2 Å². The van der Waals surface area contributed by atoms with Crippen LogP contribution in [0.2, 0.25) is 0 Å². The van der Waals surface area contributed by atoms with Gasteiger partial charge in [-0.3, -0.25) is 9.89 Å². The van der Waals surface area contributed by atoms with Crippen molar-refractivity contribution in [3.05, 3.63) is 15.6 Å². The summed E-state index contributed by atoms with van der Waals surface area (Å²) in [5.41, 5.74) is 0.708. The first-order chi connectivity index (χ1) is 14.3. The zero-order chi connectivity index (χ0) is 22.3. The average molecular weight is 439 g/mol. The van der Waals surface area contributed by atoms with E-state index in [1.807, 2.05) is 20.8 Å². The first-order valence-corrected chi connectivity index (χ1v) is 11.6. The largest absolute Gasteiger partial charge is 0.462 e. The van der Waals surface area contributed by atoms with Crippen LogP contribution in [-0.2, 0) is 4.74 Å². The lowest BCUT2D eigenvalue weighted by molar-refractivity contribution is 0.0531. The lowest BCUT2D eigenvalue weighted by Gasteiger charge is -2.40. The second-order valence-electron chi connectivity index (χ2n) is 8.16. The standard InChI is InChI=1S/C21H38N6O2S/c1-8-29-20(28)18-15(4)24-19(30-18)16(5)25-21(22-6)23-13-17(14(2)3)27-11-9-26(7)10-12-27/h14,16-17H,8-13H2,1-7H3,(H2,22,23,25). The molecule has 1 aliphatic heterocycles. The summed E-state index contributed by atoms with van der Waals surface area (Å²) in [5.74, 6) is 0.985. The Kier molecular flexibility index (Phi) is 9.51. The van der Waals surface area contributed by atoms with Crippen LogP contribution >= 0.6 is 11.3 Å². The third-order valence-corrected chi connectivity index (χ3v) is 6.80. The van der Waals surface area contributed by atoms with Crippen LogP contribution in [0.3, 0.4) is 0 Å². The molecular formula is C21H38N6O2S. The Morgan fingerprint density at radius 1 is 1.27 bits per heavy atom. The molecular weight excluding hydrogens is 400 g/mol. The van der Waals surface area contributed by atoms with Gasteiger partial charge in [0.2, 0.25) is 0 Å². The normalized spacial score (nSPS) is 18.3. The van der Waals surface area contributed by atoms with Crippen LogP contribution in [0.1, 0.15) is 54.1 Å². The molecule has 0 aliphatic carbocycles. The van der Waals surface area contributed by atoms with Gasteiger partial charge in [-0.05, 0) is 33.7 Å². The van der Waals surface area contributed by atoms with Gasteiger partial charge in [0.1, 0.15) is 9.88 Å². The highest BCUT2D eigenvalue weighted by Gasteiger charge is 2.25. The highest BCUT2D eigenvalue weighted by molar-refractivity contribution is 7.13. The summed E-state index contributed by atoms with van der Waals surface area (Å²) >= 11 is 1.38. The topological polar surface area (TPSA) is 82.1 Å². The van der Waals surface area contributed by atoms with Crippen molar-refractivity contribution in [2.45, 2.75) is 46.7 Å². The van der Waals surface area contributed by atoms with Gasteiger partial charge in [0.15, 0.2) is 5.96 Å². The predicted octanol–water partition coefficient (Wildman–Crippen LogP) is 2.13. The molecule has 2 rings (SSSR count). The lowest BCUT2D eigenvalue weighted by Crippen LogP contribution is -2.55. The lowest BCUT2D eigenvalue weighted by atomic mass is 10.0. The van der Waals surface area contributed by atoms with Gasteiger partial charge in [0.05, 0.1) is 18.3 Å². The fourth-order valence-electron chi connectivity index (χ4n) is 3.59. The fraction of sp³-hybridized carbons (Fsp3) is 0.762. The van der Waals surface area contributed by atoms with Crippen molar-refractivity contribution in [3.63, 3.8) is 0 Å². The van der Waals surface area contributed by atoms with Crippen molar-refractivity contribution in [1.29, 1.82) is 0 Å². The van der Waals surface area contributed by atoms with E-state index in [0.29, 0.717) is 29.1 Å². The van der Waals surface area contributed by atoms with E-state index in [1.165, 1.54) is 11.3 Å². The molecule has 2 N–H and O–H groups in total. The van der Waals surface area contributed by atoms with Gasteiger partial charge in [-0.2, -0.15) is 0 Å². The van der Waals surface area contributed by atoms with Crippen LogP contribution < -0.4 is 10.6 Å². The van der Waals surface area contributed by atoms with Crippen LogP contribution in [0.25, 0.3) is 0 Å². The predicted molar refractivity (Wildman–Crippen MR) is 123 cm³/mol. The zero-order valence-electron chi connectivity index (χ0n) is 19.5. The number of esters is 1. The maximum Gasteiger partial charge on any atom is 0.350 e. The van der Waals surface area contributed by atoms with E-state index >= 15 is 0 Å². The summed E-state index contributed by atoms with van der Waals surface area (Å²) in [6, 6.07) is 0.384. The van der Waals surface area contributed by atoms with Gasteiger partial charge in [0, 0.05) is 45.8 Å². The molecule has 30 heavy (non-hydrogen) atoms. The third-order valence-electron chi connectivity index (χ3n) is 5.48. The van der Waals surface area contributed by atoms with Crippen molar-refractivity contribution in [3.8, 4) is 0 Å². The maximum absolute atomic E-state index is 12.1. The summed E-state index contributed by atoms with van der Waals surface area (Å²) < 4.78 is 5.12. The number of aryl methyl sites for hydroxylation is 1. The van der Waals surface area contributed by atoms with Gasteiger partial charge < -0.3 is 20.3 Å². The number of nitrogens with one attached hydrogen (secondary N) is 2. The van der Waals surface area contributed by atoms with E-state index < -0.39 is 0 Å². The highest BCUT2D eigenvalue weighted by Crippen LogP contribution is 2.24. The van der Waals surface area contributed by atoms with E-state index in [0.717, 1.165) is 43.7 Å². The molecule has 170 valence electrons. The summed E-state index contributed by atoms with van der Waals surface area (Å²) in [6.07, 6.45) is 0. The number of nitrogens with zero attached hydrogens (tertiary/aromatic N) is 4. The molecule has 0 spiro atoms. The highest BCUT2D eigenvalue weighted by atomic mass is 32.1. The second-order valence-corrected chi connectivity index (χ2v) is 9.19. The molecule has 0 amide bonds. The molecule has 8 nitrogen and oxygen atoms in total. The van der Waals surface area contributed by atoms with E-state index in [4.69, 9.17) is 4.74 Å². The first-order valence-electron chi connectivity index (χ1n) is 10.8. The Bertz CT molecular complexity index is 712. The molecule has 9 heteroatoms. The minimum Gasteiger partial charge on any atom is -0.462 e. The summed E-state index contributed by atoms with van der Waals surface area (Å²) in [5, 5.41) is 7.75. The average Bonchev–Trinajstić information content (AvgIpc) is 3.10. The van der Waals surface area contributed by atoms with E-state index in [-0.39, 0.29) is 12.0 Å². The van der Waals surface area contributed by atoms with Gasteiger partial charge >= 0.3 is 5.97 Å². The van der Waals surface area contributed by atoms with Gasteiger partial charge in [-0.1, -0.05) is 13.8 Å². The number of hydrogen-bond donors (Lipinski definition) is 2. The molecule has 1 aliphatic rings. The zero-order valence-corrected chi connectivity index (χ0v) is 20.3. The van der Waals surface area contributed by atoms with Crippen LogP contribution in [0.5, 0.6) is 0 Å². The molecule has 0 radical (unpaired) electrons. The van der Waals surface area contributed by atoms with Crippen LogP contribution in [0, 0.1) is 12.8 Å². The summed E-state index contributed by atoms with van der Waals surface area (Å²) in [6.45, 7) is 15.8. The Balaban J connectivity index is 1.96. The first kappa shape index (κ1) is 24.6. The number of thiazole rings is 1. The number of rotatable bonds is 8. The van der Waals surface area contributed by atoms with Crippen molar-refractivity contribution < 1.29 is 9.53 Å². The molecule has 1 aromatic heterocycles. The Labute approximate surface area is 185 Å². The number of aromatic nitrogens is 1. The summed E-state index contributed by atoms with van der Waals surface area (Å²) in [4.78, 5) is 26.5. The van der Waals surface area contributed by atoms with E-state index in [9.17, 15) is 4.79 Å². The summed E-state index contributed by atoms with van der Waals surface area (Å²) in [7, 11) is 3.96. The van der Waals surface area contributed by atoms with Gasteiger partial charge in [-0.25, -0.2) is 9.78 Å². The molecule has 2 heterocycles.